The van der Waals surface area contributed by atoms with E-state index >= 15 is 0 Å². The molecule has 25 heteroatoms. The molecule has 9 amide bonds. The van der Waals surface area contributed by atoms with E-state index in [1.165, 1.54) is 29.1 Å². The van der Waals surface area contributed by atoms with Crippen LogP contribution in [0.2, 0.25) is 0 Å². The number of carbonyl (C=O) groups excluding carboxylic acids is 9. The number of amides is 9. The van der Waals surface area contributed by atoms with Gasteiger partial charge >= 0.3 is 24.2 Å². The molecule has 11 atom stereocenters. The van der Waals surface area contributed by atoms with Crippen molar-refractivity contribution in [2.24, 2.45) is 17.6 Å². The minimum absolute atomic E-state index is 0.0524. The van der Waals surface area contributed by atoms with Crippen molar-refractivity contribution in [3.63, 3.8) is 0 Å². The van der Waals surface area contributed by atoms with Crippen LogP contribution in [0, 0.1) is 11.8 Å². The number of anilines is 1. The zero-order chi connectivity index (χ0) is 69.8. The summed E-state index contributed by atoms with van der Waals surface area (Å²) in [6, 6.07) is 19.8. The highest BCUT2D eigenvalue weighted by atomic mass is 16.6. The maximum Gasteiger partial charge on any atom is 0.429 e. The molecule has 4 aliphatic heterocycles. The number of carbonyl (C=O) groups is 9. The van der Waals surface area contributed by atoms with Gasteiger partial charge < -0.3 is 71.2 Å². The summed E-state index contributed by atoms with van der Waals surface area (Å²) in [5.74, 6) is -2.81. The van der Waals surface area contributed by atoms with E-state index in [0.717, 1.165) is 27.8 Å². The van der Waals surface area contributed by atoms with Gasteiger partial charge in [-0.15, -0.1) is 0 Å². The second-order valence-corrected chi connectivity index (χ2v) is 26.3. The Labute approximate surface area is 567 Å². The number of esters is 1. The predicted molar refractivity (Wildman–Crippen MR) is 360 cm³/mol. The van der Waals surface area contributed by atoms with Gasteiger partial charge in [0.1, 0.15) is 49.2 Å². The van der Waals surface area contributed by atoms with Crippen molar-refractivity contribution in [1.29, 1.82) is 0 Å². The van der Waals surface area contributed by atoms with E-state index in [-0.39, 0.29) is 119 Å². The number of hydrogen-bond acceptors (Lipinski definition) is 16. The van der Waals surface area contributed by atoms with E-state index in [1.807, 2.05) is 44.2 Å². The molecule has 4 heterocycles. The Morgan fingerprint density at radius 3 is 2.14 bits per heavy atom. The number of fused-ring (bicyclic) bond motifs is 3. The summed E-state index contributed by atoms with van der Waals surface area (Å²) in [4.78, 5) is 117. The molecule has 0 bridgehead atoms. The first kappa shape index (κ1) is 74.1. The fourth-order valence-electron chi connectivity index (χ4n) is 12.8. The average molecular weight is 1340 g/mol. The van der Waals surface area contributed by atoms with Crippen LogP contribution in [0.1, 0.15) is 148 Å². The van der Waals surface area contributed by atoms with Crippen LogP contribution in [0.25, 0.3) is 11.1 Å². The lowest BCUT2D eigenvalue weighted by atomic mass is 9.87. The van der Waals surface area contributed by atoms with Gasteiger partial charge in [-0.2, -0.15) is 0 Å². The van der Waals surface area contributed by atoms with E-state index in [2.05, 4.69) is 69.2 Å². The number of nitrogens with two attached hydrogens (primary N) is 1. The summed E-state index contributed by atoms with van der Waals surface area (Å²) >= 11 is 0. The van der Waals surface area contributed by atoms with Gasteiger partial charge in [-0.05, 0) is 130 Å². The molecule has 4 fully saturated rings. The van der Waals surface area contributed by atoms with Crippen LogP contribution in [-0.2, 0) is 63.8 Å². The number of benzene rings is 3. The fraction of sp³-hybridized carbons (Fsp3) is 0.542. The summed E-state index contributed by atoms with van der Waals surface area (Å²) in [5.41, 5.74) is 10.8. The van der Waals surface area contributed by atoms with Gasteiger partial charge in [-0.1, -0.05) is 112 Å². The average Bonchev–Trinajstić information content (AvgIpc) is 1.61. The molecule has 5 aliphatic rings. The predicted octanol–water partition coefficient (Wildman–Crippen LogP) is 7.65. The Morgan fingerprint density at radius 2 is 1.47 bits per heavy atom. The van der Waals surface area contributed by atoms with Crippen molar-refractivity contribution >= 4 is 59.4 Å². The van der Waals surface area contributed by atoms with Gasteiger partial charge in [-0.3, -0.25) is 28.8 Å². The summed E-state index contributed by atoms with van der Waals surface area (Å²) in [6.45, 7) is 13.9. The molecule has 3 aromatic carbocycles. The summed E-state index contributed by atoms with van der Waals surface area (Å²) in [7, 11) is 0. The molecule has 4 saturated heterocycles. The van der Waals surface area contributed by atoms with Crippen LogP contribution in [0.4, 0.5) is 20.1 Å². The number of allylic oxidation sites excluding steroid dienone is 2. The van der Waals surface area contributed by atoms with E-state index in [1.54, 1.807) is 51.1 Å². The highest BCUT2D eigenvalue weighted by Gasteiger charge is 2.58. The highest BCUT2D eigenvalue weighted by Crippen LogP contribution is 2.45. The number of aliphatic hydroxyl groups excluding tert-OH is 1. The number of rotatable bonds is 30. The van der Waals surface area contributed by atoms with Gasteiger partial charge in [-0.25, -0.2) is 24.4 Å². The fourth-order valence-corrected chi connectivity index (χ4v) is 12.8. The normalized spacial score (nSPS) is 23.1. The number of alkyl carbamates (subject to hydrolysis) is 1. The number of hydrazine groups is 1. The first-order valence-electron chi connectivity index (χ1n) is 34.0. The molecule has 8 rings (SSSR count). The van der Waals surface area contributed by atoms with Gasteiger partial charge in [0, 0.05) is 63.6 Å². The first-order chi connectivity index (χ1) is 46.5. The number of ether oxygens (including phenoxy) is 6. The lowest BCUT2D eigenvalue weighted by molar-refractivity contribution is -0.163. The second kappa shape index (κ2) is 35.6. The van der Waals surface area contributed by atoms with E-state index in [9.17, 15) is 48.3 Å². The largest absolute Gasteiger partial charge is 0.459 e. The minimum Gasteiger partial charge on any atom is -0.459 e. The molecule has 9 N–H and O–H groups in total. The lowest BCUT2D eigenvalue weighted by Gasteiger charge is -2.40. The third-order valence-electron chi connectivity index (χ3n) is 18.3. The van der Waals surface area contributed by atoms with Gasteiger partial charge in [0.05, 0.1) is 37.4 Å². The zero-order valence-electron chi connectivity index (χ0n) is 56.7. The van der Waals surface area contributed by atoms with Crippen molar-refractivity contribution in [2.45, 2.75) is 198 Å². The first-order valence-corrected chi connectivity index (χ1v) is 34.0. The van der Waals surface area contributed by atoms with Crippen LogP contribution in [0.15, 0.2) is 109 Å². The molecule has 1 unspecified atom stereocenters. The number of primary amides is 1. The molecule has 0 radical (unpaired) electrons. The van der Waals surface area contributed by atoms with Crippen LogP contribution in [0.3, 0.4) is 0 Å². The van der Waals surface area contributed by atoms with Crippen molar-refractivity contribution in [3.05, 3.63) is 125 Å². The Hall–Kier alpha value is -8.65. The summed E-state index contributed by atoms with van der Waals surface area (Å²) < 4.78 is 35.0. The van der Waals surface area contributed by atoms with Crippen LogP contribution in [-0.4, -0.2) is 169 Å². The molecule has 97 heavy (non-hydrogen) atoms. The van der Waals surface area contributed by atoms with Crippen LogP contribution in [0.5, 0.6) is 0 Å². The third kappa shape index (κ3) is 21.7. The third-order valence-corrected chi connectivity index (χ3v) is 18.3. The summed E-state index contributed by atoms with van der Waals surface area (Å²) in [5, 5.41) is 30.8. The molecular formula is C72H97N9O16. The molecular weight excluding hydrogens is 1250 g/mol. The molecule has 3 aromatic rings. The maximum atomic E-state index is 14.1. The zero-order valence-corrected chi connectivity index (χ0v) is 56.7. The Balaban J connectivity index is 0.758. The standard InChI is InChI=1S/C72H97N9O16/c1-44(2)65(79-62(83)23-9-8-14-34-75-70(90)92-42-57-55-20-12-10-18-53(55)54-19-11-13-21-56(54)57)68(88)78-58(22-17-35-74-69(73)89)67(87)76-51-29-27-50(28-30-51)41-93-71(91)81-37-16-15-36-80(81)64(85)39-52-40-72(43-94-72)66(86)61(97-52)32-25-45(3)24-31-60-46(4)38-59(48(6)96-60)77-63(84)33-26-47(5)95-49(7)82/h10-13,18-21,24-30,32-33,44,46-48,52,57-61,65-66,86H,8-9,14-17,22-23,31,34-43H2,1-7H3,(H,75,90)(H,76,87)(H,77,84)(H,78,88)(H,79,83)(H3,73,74,89)/b32-25+,33-26-,45-24+/t46-,47-,48+,52+,58-,59?,60-,61+,65-,66+,72+/m0/s1. The van der Waals surface area contributed by atoms with E-state index in [4.69, 9.17) is 34.2 Å². The molecule has 25 nitrogen and oxygen atoms in total. The van der Waals surface area contributed by atoms with E-state index < -0.39 is 78.1 Å². The molecule has 1 spiro atoms. The second-order valence-electron chi connectivity index (χ2n) is 26.3. The number of unbranched alkanes of at least 4 members (excludes halogenated alkanes) is 2. The monoisotopic (exact) mass is 1340 g/mol. The lowest BCUT2D eigenvalue weighted by Crippen LogP contribution is -2.55. The Kier molecular flexibility index (Phi) is 27.2. The van der Waals surface area contributed by atoms with Gasteiger partial charge in [0.15, 0.2) is 0 Å². The Morgan fingerprint density at radius 1 is 0.794 bits per heavy atom. The van der Waals surface area contributed by atoms with Crippen molar-refractivity contribution in [1.82, 2.24) is 36.6 Å². The van der Waals surface area contributed by atoms with Crippen molar-refractivity contribution in [3.8, 4) is 11.1 Å². The van der Waals surface area contributed by atoms with Crippen molar-refractivity contribution in [2.75, 3.05) is 44.7 Å². The number of hydrogen-bond donors (Lipinski definition) is 8. The van der Waals surface area contributed by atoms with E-state index in [0.29, 0.717) is 69.3 Å². The number of urea groups is 1. The maximum absolute atomic E-state index is 14.1. The molecule has 526 valence electrons. The van der Waals surface area contributed by atoms with Crippen molar-refractivity contribution < 1.29 is 76.7 Å². The molecule has 0 aromatic heterocycles. The van der Waals surface area contributed by atoms with Gasteiger partial charge in [0.2, 0.25) is 29.5 Å². The molecule has 1 aliphatic carbocycles. The summed E-state index contributed by atoms with van der Waals surface area (Å²) in [6.07, 6.45) is 9.21. The number of aliphatic hydroxyl groups is 1. The SMILES string of the molecule is CC(=O)O[C@@H](C)/C=C\C(=O)NC1C[C@H](C)[C@H](C/C=C(C)/C=C/[C@H]2O[C@H](CC(=O)N3CCCCN3C(=O)OCc3ccc(NC(=O)[C@H](CCCNC(N)=O)NC(=O)[C@@H](NC(=O)CCCCCNC(=O)OCC4c5ccccc5-c5ccccc54)C(C)C)cc3)C[C@@]3(CO3)[C@@H]2O)O[C@@H]1C. The topological polar surface area (TPSA) is 337 Å². The van der Waals surface area contributed by atoms with Crippen LogP contribution < -0.4 is 37.6 Å². The van der Waals surface area contributed by atoms with Crippen LogP contribution >= 0.6 is 0 Å². The quantitative estimate of drug-likeness (QED) is 0.00793. The highest BCUT2D eigenvalue weighted by molar-refractivity contribution is 5.98. The Bertz CT molecular complexity index is 3290. The molecule has 0 saturated carbocycles. The minimum atomic E-state index is -1.08. The number of nitrogens with one attached hydrogen (secondary N) is 6. The number of nitrogens with zero attached hydrogens (tertiary/aromatic N) is 2. The smallest absolute Gasteiger partial charge is 0.429 e. The van der Waals surface area contributed by atoms with Gasteiger partial charge in [0.25, 0.3) is 0 Å². The number of epoxide rings is 1.